The summed E-state index contributed by atoms with van der Waals surface area (Å²) < 4.78 is 10.5. The Morgan fingerprint density at radius 2 is 2.12 bits per heavy atom. The van der Waals surface area contributed by atoms with E-state index in [0.717, 1.165) is 18.6 Å². The predicted octanol–water partition coefficient (Wildman–Crippen LogP) is 2.28. The lowest BCUT2D eigenvalue weighted by molar-refractivity contribution is 0.0277. The number of aliphatic hydroxyl groups is 1. The Bertz CT molecular complexity index is 667. The molecule has 130 valence electrons. The molecule has 2 aromatic rings. The summed E-state index contributed by atoms with van der Waals surface area (Å²) in [5.41, 5.74) is -0.449. The second-order valence-electron chi connectivity index (χ2n) is 6.64. The van der Waals surface area contributed by atoms with Crippen LogP contribution in [-0.2, 0) is 5.60 Å². The molecule has 2 aromatic heterocycles. The zero-order valence-electron chi connectivity index (χ0n) is 14.1. The van der Waals surface area contributed by atoms with Crippen LogP contribution in [0, 0.1) is 6.92 Å². The van der Waals surface area contributed by atoms with Gasteiger partial charge in [-0.2, -0.15) is 0 Å². The molecule has 0 saturated carbocycles. The molecule has 6 heteroatoms. The average molecular weight is 332 g/mol. The van der Waals surface area contributed by atoms with Gasteiger partial charge >= 0.3 is 0 Å². The zero-order valence-corrected chi connectivity index (χ0v) is 14.1. The monoisotopic (exact) mass is 332 g/mol. The minimum absolute atomic E-state index is 0.0141. The maximum absolute atomic E-state index is 12.3. The normalized spacial score (nSPS) is 18.5. The Labute approximate surface area is 141 Å². The molecular weight excluding hydrogens is 308 g/mol. The van der Waals surface area contributed by atoms with Crippen molar-refractivity contribution in [1.29, 1.82) is 0 Å². The summed E-state index contributed by atoms with van der Waals surface area (Å²) >= 11 is 0. The highest BCUT2D eigenvalue weighted by Gasteiger charge is 2.29. The predicted molar refractivity (Wildman–Crippen MR) is 88.7 cm³/mol. The molecule has 0 spiro atoms. The molecule has 2 N–H and O–H groups in total. The van der Waals surface area contributed by atoms with Gasteiger partial charge in [0.1, 0.15) is 23.4 Å². The van der Waals surface area contributed by atoms with Crippen molar-refractivity contribution in [2.24, 2.45) is 0 Å². The van der Waals surface area contributed by atoms with Gasteiger partial charge in [-0.15, -0.1) is 0 Å². The van der Waals surface area contributed by atoms with Gasteiger partial charge in [-0.1, -0.05) is 0 Å². The third-order valence-electron chi connectivity index (χ3n) is 4.56. The number of nitrogens with zero attached hydrogens (tertiary/aromatic N) is 1. The van der Waals surface area contributed by atoms with E-state index in [1.54, 1.807) is 13.0 Å². The number of carbonyl (C=O) groups is 1. The molecule has 24 heavy (non-hydrogen) atoms. The number of likely N-dealkylation sites (tertiary alicyclic amines) is 1. The smallest absolute Gasteiger partial charge is 0.257 e. The van der Waals surface area contributed by atoms with E-state index < -0.39 is 5.60 Å². The van der Waals surface area contributed by atoms with Gasteiger partial charge in [-0.05, 0) is 44.9 Å². The van der Waals surface area contributed by atoms with Crippen LogP contribution in [0.15, 0.2) is 39.6 Å². The summed E-state index contributed by atoms with van der Waals surface area (Å²) in [4.78, 5) is 14.1. The van der Waals surface area contributed by atoms with E-state index in [9.17, 15) is 9.90 Å². The number of rotatable bonds is 5. The van der Waals surface area contributed by atoms with Crippen LogP contribution in [0.2, 0.25) is 0 Å². The fraction of sp³-hybridized carbons (Fsp3) is 0.500. The van der Waals surface area contributed by atoms with E-state index in [4.69, 9.17) is 8.83 Å². The van der Waals surface area contributed by atoms with Gasteiger partial charge in [0, 0.05) is 25.7 Å². The molecule has 3 rings (SSSR count). The first kappa shape index (κ1) is 16.8. The summed E-state index contributed by atoms with van der Waals surface area (Å²) in [7, 11) is 0. The van der Waals surface area contributed by atoms with E-state index in [0.29, 0.717) is 31.0 Å². The van der Waals surface area contributed by atoms with E-state index in [1.165, 1.54) is 12.5 Å². The Balaban J connectivity index is 1.48. The minimum Gasteiger partial charge on any atom is -0.472 e. The number of hydrogen-bond acceptors (Lipinski definition) is 5. The molecule has 1 unspecified atom stereocenters. The fourth-order valence-electron chi connectivity index (χ4n) is 3.01. The van der Waals surface area contributed by atoms with Gasteiger partial charge in [-0.25, -0.2) is 0 Å². The van der Waals surface area contributed by atoms with Crippen LogP contribution in [0.1, 0.15) is 41.6 Å². The van der Waals surface area contributed by atoms with Crippen LogP contribution in [0.4, 0.5) is 0 Å². The van der Waals surface area contributed by atoms with Crippen LogP contribution in [0.5, 0.6) is 0 Å². The molecule has 1 saturated heterocycles. The molecule has 1 aliphatic rings. The molecule has 0 bridgehead atoms. The first-order valence-corrected chi connectivity index (χ1v) is 8.30. The summed E-state index contributed by atoms with van der Waals surface area (Å²) in [6.07, 6.45) is 4.71. The molecule has 0 aromatic carbocycles. The summed E-state index contributed by atoms with van der Waals surface area (Å²) in [6.45, 7) is 5.42. The largest absolute Gasteiger partial charge is 0.472 e. The minimum atomic E-state index is -1.04. The highest BCUT2D eigenvalue weighted by molar-refractivity contribution is 5.93. The third-order valence-corrected chi connectivity index (χ3v) is 4.56. The van der Waals surface area contributed by atoms with Crippen molar-refractivity contribution >= 4 is 5.91 Å². The number of nitrogens with one attached hydrogen (secondary N) is 1. The lowest BCUT2D eigenvalue weighted by atomic mass is 10.00. The van der Waals surface area contributed by atoms with Crippen LogP contribution in [0.3, 0.4) is 0 Å². The first-order valence-electron chi connectivity index (χ1n) is 8.30. The Hall–Kier alpha value is -2.05. The highest BCUT2D eigenvalue weighted by atomic mass is 16.4. The number of amides is 1. The number of piperidine rings is 1. The second kappa shape index (κ2) is 6.83. The second-order valence-corrected chi connectivity index (χ2v) is 6.64. The van der Waals surface area contributed by atoms with Crippen LogP contribution in [-0.4, -0.2) is 41.6 Å². The van der Waals surface area contributed by atoms with Gasteiger partial charge in [0.15, 0.2) is 0 Å². The topological polar surface area (TPSA) is 78.9 Å². The van der Waals surface area contributed by atoms with Gasteiger partial charge in [0.2, 0.25) is 0 Å². The Morgan fingerprint density at radius 3 is 2.71 bits per heavy atom. The van der Waals surface area contributed by atoms with E-state index >= 15 is 0 Å². The Morgan fingerprint density at radius 1 is 1.38 bits per heavy atom. The molecule has 0 aliphatic carbocycles. The third kappa shape index (κ3) is 3.71. The van der Waals surface area contributed by atoms with Crippen molar-refractivity contribution in [3.8, 4) is 0 Å². The quantitative estimate of drug-likeness (QED) is 0.878. The van der Waals surface area contributed by atoms with Gasteiger partial charge in [0.05, 0.1) is 11.8 Å². The maximum Gasteiger partial charge on any atom is 0.257 e. The molecule has 1 fully saturated rings. The van der Waals surface area contributed by atoms with Crippen molar-refractivity contribution in [3.63, 3.8) is 0 Å². The molecule has 0 radical (unpaired) electrons. The molecule has 1 atom stereocenters. The number of furan rings is 2. The summed E-state index contributed by atoms with van der Waals surface area (Å²) in [5, 5.41) is 14.0. The van der Waals surface area contributed by atoms with Crippen molar-refractivity contribution in [3.05, 3.63) is 47.8 Å². The first-order chi connectivity index (χ1) is 11.5. The number of carbonyl (C=O) groups excluding carboxylic acids is 1. The van der Waals surface area contributed by atoms with Crippen LogP contribution in [0.25, 0.3) is 0 Å². The standard InChI is InChI=1S/C18H24N2O4/c1-13-3-4-16(24-13)18(2,22)12-19-15-5-8-20(9-6-15)17(21)14-7-10-23-11-14/h3-4,7,10-11,15,19,22H,5-6,8-9,12H2,1-2H3. The summed E-state index contributed by atoms with van der Waals surface area (Å²) in [6, 6.07) is 5.63. The fourth-order valence-corrected chi connectivity index (χ4v) is 3.01. The number of aryl methyl sites for hydroxylation is 1. The van der Waals surface area contributed by atoms with Crippen LogP contribution < -0.4 is 5.32 Å². The van der Waals surface area contributed by atoms with Crippen molar-refractivity contribution in [1.82, 2.24) is 10.2 Å². The van der Waals surface area contributed by atoms with Crippen molar-refractivity contribution in [2.75, 3.05) is 19.6 Å². The molecule has 6 nitrogen and oxygen atoms in total. The van der Waals surface area contributed by atoms with Gasteiger partial charge in [-0.3, -0.25) is 4.79 Å². The SMILES string of the molecule is Cc1ccc(C(C)(O)CNC2CCN(C(=O)c3ccoc3)CC2)o1. The van der Waals surface area contributed by atoms with Gasteiger partial charge in [0.25, 0.3) is 5.91 Å². The van der Waals surface area contributed by atoms with Gasteiger partial charge < -0.3 is 24.2 Å². The summed E-state index contributed by atoms with van der Waals surface area (Å²) in [5.74, 6) is 1.37. The molecule has 1 aliphatic heterocycles. The van der Waals surface area contributed by atoms with E-state index in [2.05, 4.69) is 5.32 Å². The Kier molecular flexibility index (Phi) is 4.78. The maximum atomic E-state index is 12.3. The lowest BCUT2D eigenvalue weighted by Gasteiger charge is -2.33. The molecule has 3 heterocycles. The van der Waals surface area contributed by atoms with Crippen molar-refractivity contribution < 1.29 is 18.7 Å². The van der Waals surface area contributed by atoms with Crippen molar-refractivity contribution in [2.45, 2.75) is 38.3 Å². The molecular formula is C18H24N2O4. The molecule has 1 amide bonds. The van der Waals surface area contributed by atoms with E-state index in [-0.39, 0.29) is 11.9 Å². The zero-order chi connectivity index (χ0) is 17.2. The highest BCUT2D eigenvalue weighted by Crippen LogP contribution is 2.23. The average Bonchev–Trinajstić information content (AvgIpc) is 3.24. The van der Waals surface area contributed by atoms with Crippen LogP contribution >= 0.6 is 0 Å². The lowest BCUT2D eigenvalue weighted by Crippen LogP contribution is -2.48. The number of hydrogen-bond donors (Lipinski definition) is 2. The van der Waals surface area contributed by atoms with E-state index in [1.807, 2.05) is 24.0 Å².